The summed E-state index contributed by atoms with van der Waals surface area (Å²) < 4.78 is 14.0. The van der Waals surface area contributed by atoms with Gasteiger partial charge in [0.1, 0.15) is 5.82 Å². The van der Waals surface area contributed by atoms with E-state index in [1.807, 2.05) is 18.2 Å². The fourth-order valence-electron chi connectivity index (χ4n) is 3.29. The van der Waals surface area contributed by atoms with Crippen LogP contribution < -0.4 is 0 Å². The van der Waals surface area contributed by atoms with Crippen molar-refractivity contribution in [2.24, 2.45) is 11.8 Å². The Bertz CT molecular complexity index is 565. The third kappa shape index (κ3) is 5.87. The van der Waals surface area contributed by atoms with Crippen LogP contribution in [0.15, 0.2) is 30.4 Å². The van der Waals surface area contributed by atoms with Gasteiger partial charge in [-0.2, -0.15) is 0 Å². The Labute approximate surface area is 141 Å². The first-order chi connectivity index (χ1) is 11.2. The third-order valence-electron chi connectivity index (χ3n) is 4.98. The zero-order valence-corrected chi connectivity index (χ0v) is 14.6. The summed E-state index contributed by atoms with van der Waals surface area (Å²) in [6.07, 6.45) is 13.9. The maximum atomic E-state index is 14.0. The first-order valence-corrected chi connectivity index (χ1v) is 9.19. The Kier molecular flexibility index (Phi) is 7.40. The van der Waals surface area contributed by atoms with E-state index in [0.717, 1.165) is 30.7 Å². The van der Waals surface area contributed by atoms with Crippen molar-refractivity contribution < 1.29 is 4.39 Å². The molecular weight excluding hydrogens is 283 g/mol. The number of allylic oxidation sites excluding steroid dienone is 2. The second kappa shape index (κ2) is 9.56. The van der Waals surface area contributed by atoms with Crippen LogP contribution in [0.5, 0.6) is 0 Å². The number of hydrogen-bond acceptors (Lipinski definition) is 0. The lowest BCUT2D eigenvalue weighted by molar-refractivity contribution is 0.304. The monoisotopic (exact) mass is 312 g/mol. The molecule has 0 atom stereocenters. The predicted molar refractivity (Wildman–Crippen MR) is 96.8 cm³/mol. The topological polar surface area (TPSA) is 0 Å². The molecule has 0 unspecified atom stereocenters. The zero-order chi connectivity index (χ0) is 16.5. The highest BCUT2D eigenvalue weighted by Crippen LogP contribution is 2.31. The molecule has 124 valence electrons. The normalized spacial score (nSPS) is 21.2. The third-order valence-corrected chi connectivity index (χ3v) is 4.98. The van der Waals surface area contributed by atoms with E-state index >= 15 is 0 Å². The van der Waals surface area contributed by atoms with E-state index in [2.05, 4.69) is 31.8 Å². The van der Waals surface area contributed by atoms with Crippen molar-refractivity contribution in [1.82, 2.24) is 0 Å². The molecular formula is C22H29F. The molecule has 1 aromatic carbocycles. The van der Waals surface area contributed by atoms with Crippen LogP contribution >= 0.6 is 0 Å². The Morgan fingerprint density at radius 2 is 1.96 bits per heavy atom. The first-order valence-electron chi connectivity index (χ1n) is 9.19. The van der Waals surface area contributed by atoms with Crippen LogP contribution in [0.1, 0.15) is 69.9 Å². The number of hydrogen-bond donors (Lipinski definition) is 0. The van der Waals surface area contributed by atoms with E-state index in [1.54, 1.807) is 6.07 Å². The van der Waals surface area contributed by atoms with E-state index in [4.69, 9.17) is 0 Å². The summed E-state index contributed by atoms with van der Waals surface area (Å²) in [5.74, 6) is 7.34. The van der Waals surface area contributed by atoms with Crippen molar-refractivity contribution in [2.75, 3.05) is 0 Å². The summed E-state index contributed by atoms with van der Waals surface area (Å²) in [6.45, 7) is 4.44. The molecule has 1 saturated carbocycles. The Hall–Kier alpha value is -1.55. The smallest absolute Gasteiger partial charge is 0.139 e. The lowest BCUT2D eigenvalue weighted by Crippen LogP contribution is -2.11. The van der Waals surface area contributed by atoms with E-state index < -0.39 is 0 Å². The Morgan fingerprint density at radius 3 is 2.61 bits per heavy atom. The highest BCUT2D eigenvalue weighted by Gasteiger charge is 2.17. The minimum absolute atomic E-state index is 0.192. The molecule has 1 heteroatoms. The highest BCUT2D eigenvalue weighted by atomic mass is 19.1. The summed E-state index contributed by atoms with van der Waals surface area (Å²) in [7, 11) is 0. The molecule has 0 bridgehead atoms. The summed E-state index contributed by atoms with van der Waals surface area (Å²) in [4.78, 5) is 0. The summed E-state index contributed by atoms with van der Waals surface area (Å²) in [5.41, 5.74) is 1.57. The largest absolute Gasteiger partial charge is 0.206 e. The molecule has 0 aliphatic heterocycles. The van der Waals surface area contributed by atoms with Gasteiger partial charge in [0.2, 0.25) is 0 Å². The average molecular weight is 312 g/mol. The van der Waals surface area contributed by atoms with Gasteiger partial charge < -0.3 is 0 Å². The van der Waals surface area contributed by atoms with E-state index in [0.29, 0.717) is 11.5 Å². The molecule has 1 fully saturated rings. The molecule has 2 rings (SSSR count). The number of halogens is 1. The average Bonchev–Trinajstić information content (AvgIpc) is 2.58. The molecule has 1 aliphatic rings. The molecule has 1 aromatic rings. The number of rotatable bonds is 5. The van der Waals surface area contributed by atoms with Gasteiger partial charge in [-0.25, -0.2) is 4.39 Å². The molecule has 0 spiro atoms. The number of aryl methyl sites for hydroxylation is 1. The van der Waals surface area contributed by atoms with Gasteiger partial charge >= 0.3 is 0 Å². The van der Waals surface area contributed by atoms with Crippen molar-refractivity contribution in [1.29, 1.82) is 0 Å². The van der Waals surface area contributed by atoms with Gasteiger partial charge in [-0.1, -0.05) is 50.7 Å². The number of unbranched alkanes of at least 4 members (excludes halogenated alkanes) is 1. The van der Waals surface area contributed by atoms with Crippen LogP contribution in [0.25, 0.3) is 0 Å². The van der Waals surface area contributed by atoms with Crippen LogP contribution in [0.4, 0.5) is 4.39 Å². The fourth-order valence-corrected chi connectivity index (χ4v) is 3.29. The second-order valence-corrected chi connectivity index (χ2v) is 6.74. The van der Waals surface area contributed by atoms with Gasteiger partial charge in [0.15, 0.2) is 0 Å². The van der Waals surface area contributed by atoms with Gasteiger partial charge in [-0.15, -0.1) is 0 Å². The van der Waals surface area contributed by atoms with Crippen LogP contribution in [-0.2, 0) is 6.42 Å². The maximum absolute atomic E-state index is 14.0. The van der Waals surface area contributed by atoms with Crippen LogP contribution in [-0.4, -0.2) is 0 Å². The molecule has 0 N–H and O–H groups in total. The van der Waals surface area contributed by atoms with Crippen LogP contribution in [0.3, 0.4) is 0 Å². The Balaban J connectivity index is 1.88. The van der Waals surface area contributed by atoms with Crippen molar-refractivity contribution >= 4 is 0 Å². The standard InChI is InChI=1S/C22H29F/c1-3-5-8-20-15-16-21(22(23)17-20)10-7-6-9-19-13-11-18(4-2)12-14-19/h6,9,15-19H,3-5,8,11-14H2,1-2H3/t18-,19-. The summed E-state index contributed by atoms with van der Waals surface area (Å²) in [5, 5.41) is 0. The van der Waals surface area contributed by atoms with E-state index in [1.165, 1.54) is 32.1 Å². The molecule has 23 heavy (non-hydrogen) atoms. The van der Waals surface area contributed by atoms with Crippen LogP contribution in [0.2, 0.25) is 0 Å². The molecule has 0 heterocycles. The minimum Gasteiger partial charge on any atom is -0.206 e. The molecule has 1 aliphatic carbocycles. The van der Waals surface area contributed by atoms with Crippen molar-refractivity contribution in [3.8, 4) is 11.8 Å². The molecule has 0 radical (unpaired) electrons. The van der Waals surface area contributed by atoms with E-state index in [9.17, 15) is 4.39 Å². The molecule has 0 saturated heterocycles. The second-order valence-electron chi connectivity index (χ2n) is 6.74. The lowest BCUT2D eigenvalue weighted by Gasteiger charge is -2.25. The maximum Gasteiger partial charge on any atom is 0.139 e. The molecule has 0 nitrogen and oxygen atoms in total. The Morgan fingerprint density at radius 1 is 1.17 bits per heavy atom. The van der Waals surface area contributed by atoms with E-state index in [-0.39, 0.29) is 5.82 Å². The summed E-state index contributed by atoms with van der Waals surface area (Å²) >= 11 is 0. The number of benzene rings is 1. The SMILES string of the molecule is CCCCc1ccc(C#CC=C[C@H]2CC[C@H](CC)CC2)c(F)c1. The molecule has 0 aromatic heterocycles. The highest BCUT2D eigenvalue weighted by molar-refractivity contribution is 5.39. The van der Waals surface area contributed by atoms with Gasteiger partial charge in [0.05, 0.1) is 5.56 Å². The van der Waals surface area contributed by atoms with Crippen molar-refractivity contribution in [3.63, 3.8) is 0 Å². The summed E-state index contributed by atoms with van der Waals surface area (Å²) in [6, 6.07) is 5.45. The van der Waals surface area contributed by atoms with Crippen molar-refractivity contribution in [3.05, 3.63) is 47.3 Å². The first kappa shape index (κ1) is 17.8. The lowest BCUT2D eigenvalue weighted by atomic mass is 9.81. The zero-order valence-electron chi connectivity index (χ0n) is 14.6. The predicted octanol–water partition coefficient (Wildman–Crippen LogP) is 6.29. The molecule has 0 amide bonds. The van der Waals surface area contributed by atoms with Gasteiger partial charge in [0, 0.05) is 0 Å². The quantitative estimate of drug-likeness (QED) is 0.560. The van der Waals surface area contributed by atoms with Gasteiger partial charge in [-0.05, 0) is 74.1 Å². The van der Waals surface area contributed by atoms with Crippen molar-refractivity contribution in [2.45, 2.75) is 65.2 Å². The van der Waals surface area contributed by atoms with Gasteiger partial charge in [0.25, 0.3) is 0 Å². The van der Waals surface area contributed by atoms with Crippen LogP contribution in [0, 0.1) is 29.5 Å². The van der Waals surface area contributed by atoms with Gasteiger partial charge in [-0.3, -0.25) is 0 Å². The fraction of sp³-hybridized carbons (Fsp3) is 0.545. The minimum atomic E-state index is -0.192.